The summed E-state index contributed by atoms with van der Waals surface area (Å²) in [5.74, 6) is -1.61. The summed E-state index contributed by atoms with van der Waals surface area (Å²) < 4.78 is 12.9. The Morgan fingerprint density at radius 2 is 2.08 bits per heavy atom. The smallest absolute Gasteiger partial charge is 0.321 e. The highest BCUT2D eigenvalue weighted by Gasteiger charge is 2.18. The van der Waals surface area contributed by atoms with Crippen LogP contribution in [-0.2, 0) is 4.79 Å². The molecule has 0 aliphatic rings. The van der Waals surface area contributed by atoms with Crippen molar-refractivity contribution in [3.05, 3.63) is 35.6 Å². The van der Waals surface area contributed by atoms with Crippen LogP contribution in [0, 0.1) is 5.82 Å². The molecule has 0 amide bonds. The molecule has 2 nitrogen and oxygen atoms in total. The summed E-state index contributed by atoms with van der Waals surface area (Å²) in [6.45, 7) is 0. The molecular formula is C8H6BrFO2. The number of carboxylic acids is 1. The van der Waals surface area contributed by atoms with Gasteiger partial charge in [-0.1, -0.05) is 34.1 Å². The van der Waals surface area contributed by atoms with Gasteiger partial charge in [0.25, 0.3) is 0 Å². The third-order valence-corrected chi connectivity index (χ3v) is 2.28. The summed E-state index contributed by atoms with van der Waals surface area (Å²) in [7, 11) is 0. The predicted molar refractivity (Wildman–Crippen MR) is 45.7 cm³/mol. The van der Waals surface area contributed by atoms with Crippen molar-refractivity contribution in [3.63, 3.8) is 0 Å². The molecular weight excluding hydrogens is 227 g/mol. The zero-order chi connectivity index (χ0) is 9.14. The largest absolute Gasteiger partial charge is 0.480 e. The van der Waals surface area contributed by atoms with Crippen LogP contribution >= 0.6 is 15.9 Å². The minimum absolute atomic E-state index is 0.144. The Labute approximate surface area is 77.2 Å². The molecule has 0 bridgehead atoms. The molecule has 0 saturated heterocycles. The molecule has 0 spiro atoms. The van der Waals surface area contributed by atoms with E-state index in [0.29, 0.717) is 0 Å². The number of alkyl halides is 1. The third kappa shape index (κ3) is 1.82. The van der Waals surface area contributed by atoms with E-state index in [1.54, 1.807) is 6.07 Å². The van der Waals surface area contributed by atoms with E-state index >= 15 is 0 Å². The van der Waals surface area contributed by atoms with Crippen LogP contribution in [0.15, 0.2) is 24.3 Å². The average Bonchev–Trinajstić information content (AvgIpc) is 2.04. The van der Waals surface area contributed by atoms with Gasteiger partial charge in [0.2, 0.25) is 0 Å². The van der Waals surface area contributed by atoms with Crippen LogP contribution in [0.2, 0.25) is 0 Å². The van der Waals surface area contributed by atoms with Gasteiger partial charge in [-0.15, -0.1) is 0 Å². The molecule has 4 heteroatoms. The van der Waals surface area contributed by atoms with Gasteiger partial charge in [0, 0.05) is 5.56 Å². The normalized spacial score (nSPS) is 12.5. The average molecular weight is 233 g/mol. The van der Waals surface area contributed by atoms with E-state index in [4.69, 9.17) is 5.11 Å². The maximum Gasteiger partial charge on any atom is 0.321 e. The molecule has 0 unspecified atom stereocenters. The van der Waals surface area contributed by atoms with Crippen LogP contribution in [0.1, 0.15) is 10.4 Å². The van der Waals surface area contributed by atoms with E-state index in [0.717, 1.165) is 0 Å². The van der Waals surface area contributed by atoms with E-state index in [1.807, 2.05) is 0 Å². The Morgan fingerprint density at radius 3 is 2.58 bits per heavy atom. The number of aliphatic carboxylic acids is 1. The first-order chi connectivity index (χ1) is 5.63. The van der Waals surface area contributed by atoms with E-state index < -0.39 is 16.6 Å². The van der Waals surface area contributed by atoms with E-state index in [2.05, 4.69) is 15.9 Å². The number of carboxylic acid groups (broad SMARTS) is 1. The molecule has 1 rings (SSSR count). The Kier molecular flexibility index (Phi) is 2.81. The molecule has 64 valence electrons. The van der Waals surface area contributed by atoms with E-state index in [9.17, 15) is 9.18 Å². The highest BCUT2D eigenvalue weighted by atomic mass is 79.9. The van der Waals surface area contributed by atoms with Crippen molar-refractivity contribution in [2.45, 2.75) is 4.83 Å². The lowest BCUT2D eigenvalue weighted by Crippen LogP contribution is -2.06. The van der Waals surface area contributed by atoms with Crippen molar-refractivity contribution < 1.29 is 14.3 Å². The highest BCUT2D eigenvalue weighted by molar-refractivity contribution is 9.09. The number of hydrogen-bond donors (Lipinski definition) is 1. The number of benzene rings is 1. The molecule has 0 aromatic heterocycles. The topological polar surface area (TPSA) is 37.3 Å². The van der Waals surface area contributed by atoms with Crippen molar-refractivity contribution in [2.75, 3.05) is 0 Å². The number of hydrogen-bond acceptors (Lipinski definition) is 1. The Morgan fingerprint density at radius 1 is 1.50 bits per heavy atom. The summed E-state index contributed by atoms with van der Waals surface area (Å²) in [4.78, 5) is 9.46. The van der Waals surface area contributed by atoms with Gasteiger partial charge in [0.15, 0.2) is 0 Å². The van der Waals surface area contributed by atoms with Gasteiger partial charge in [0.05, 0.1) is 0 Å². The number of carbonyl (C=O) groups is 1. The molecule has 0 fully saturated rings. The molecule has 0 aliphatic heterocycles. The molecule has 1 aromatic carbocycles. The van der Waals surface area contributed by atoms with Crippen LogP contribution in [0.3, 0.4) is 0 Å². The zero-order valence-corrected chi connectivity index (χ0v) is 7.58. The quantitative estimate of drug-likeness (QED) is 0.796. The van der Waals surface area contributed by atoms with Crippen LogP contribution < -0.4 is 0 Å². The predicted octanol–water partition coefficient (Wildman–Crippen LogP) is 2.35. The summed E-state index contributed by atoms with van der Waals surface area (Å²) >= 11 is 2.86. The lowest BCUT2D eigenvalue weighted by Gasteiger charge is -2.04. The van der Waals surface area contributed by atoms with E-state index in [1.165, 1.54) is 18.2 Å². The maximum absolute atomic E-state index is 12.9. The minimum atomic E-state index is -1.10. The summed E-state index contributed by atoms with van der Waals surface area (Å²) in [6, 6.07) is 5.77. The van der Waals surface area contributed by atoms with Gasteiger partial charge >= 0.3 is 5.97 Å². The molecule has 0 radical (unpaired) electrons. The lowest BCUT2D eigenvalue weighted by molar-refractivity contribution is -0.136. The second-order valence-electron chi connectivity index (χ2n) is 2.22. The monoisotopic (exact) mass is 232 g/mol. The minimum Gasteiger partial charge on any atom is -0.480 e. The molecule has 12 heavy (non-hydrogen) atoms. The first-order valence-corrected chi connectivity index (χ1v) is 4.16. The summed E-state index contributed by atoms with van der Waals surface area (Å²) in [5.41, 5.74) is 0.144. The van der Waals surface area contributed by atoms with Gasteiger partial charge in [-0.25, -0.2) is 4.39 Å². The van der Waals surface area contributed by atoms with Crippen molar-refractivity contribution in [1.29, 1.82) is 0 Å². The molecule has 1 N–H and O–H groups in total. The second kappa shape index (κ2) is 3.67. The fraction of sp³-hybridized carbons (Fsp3) is 0.125. The molecule has 0 saturated carbocycles. The van der Waals surface area contributed by atoms with Crippen LogP contribution in [0.25, 0.3) is 0 Å². The lowest BCUT2D eigenvalue weighted by atomic mass is 10.1. The van der Waals surface area contributed by atoms with Gasteiger partial charge in [-0.3, -0.25) is 4.79 Å². The number of rotatable bonds is 2. The number of halogens is 2. The van der Waals surface area contributed by atoms with Gasteiger partial charge < -0.3 is 5.11 Å². The Hall–Kier alpha value is -0.900. The molecule has 0 heterocycles. The maximum atomic E-state index is 12.9. The Bertz CT molecular complexity index is 301. The van der Waals surface area contributed by atoms with E-state index in [-0.39, 0.29) is 5.56 Å². The second-order valence-corrected chi connectivity index (χ2v) is 3.14. The van der Waals surface area contributed by atoms with Crippen LogP contribution in [-0.4, -0.2) is 11.1 Å². The van der Waals surface area contributed by atoms with Crippen molar-refractivity contribution in [1.82, 2.24) is 0 Å². The summed E-state index contributed by atoms with van der Waals surface area (Å²) in [6.07, 6.45) is 0. The van der Waals surface area contributed by atoms with Crippen LogP contribution in [0.4, 0.5) is 4.39 Å². The van der Waals surface area contributed by atoms with Gasteiger partial charge in [-0.05, 0) is 6.07 Å². The van der Waals surface area contributed by atoms with Crippen molar-refractivity contribution in [2.24, 2.45) is 0 Å². The fourth-order valence-corrected chi connectivity index (χ4v) is 1.18. The fourth-order valence-electron chi connectivity index (χ4n) is 0.814. The molecule has 1 aromatic rings. The summed E-state index contributed by atoms with van der Waals surface area (Å²) in [5, 5.41) is 8.55. The van der Waals surface area contributed by atoms with Crippen molar-refractivity contribution in [3.8, 4) is 0 Å². The highest BCUT2D eigenvalue weighted by Crippen LogP contribution is 2.24. The Balaban J connectivity index is 3.02. The van der Waals surface area contributed by atoms with Gasteiger partial charge in [0.1, 0.15) is 10.6 Å². The third-order valence-electron chi connectivity index (χ3n) is 1.40. The van der Waals surface area contributed by atoms with Crippen LogP contribution in [0.5, 0.6) is 0 Å². The first kappa shape index (κ1) is 9.19. The standard InChI is InChI=1S/C8H6BrFO2/c9-7(8(11)12)5-3-1-2-4-6(5)10/h1-4,7H,(H,11,12)/t7-/m0/s1. The SMILES string of the molecule is O=C(O)[C@@H](Br)c1ccccc1F. The first-order valence-electron chi connectivity index (χ1n) is 3.24. The molecule has 0 aliphatic carbocycles. The zero-order valence-electron chi connectivity index (χ0n) is 6.00. The molecule has 1 atom stereocenters. The van der Waals surface area contributed by atoms with Crippen molar-refractivity contribution >= 4 is 21.9 Å². The van der Waals surface area contributed by atoms with Gasteiger partial charge in [-0.2, -0.15) is 0 Å².